The molecule has 1 unspecified atom stereocenters. The van der Waals surface area contributed by atoms with Gasteiger partial charge >= 0.3 is 0 Å². The number of pyridine rings is 1. The van der Waals surface area contributed by atoms with Crippen molar-refractivity contribution in [2.45, 2.75) is 18.9 Å². The number of hydrogen-bond donors (Lipinski definition) is 1. The normalized spacial score (nSPS) is 13.1. The smallest absolute Gasteiger partial charge is 0.0622 e. The molecule has 1 heterocycles. The van der Waals surface area contributed by atoms with Gasteiger partial charge in [-0.05, 0) is 45.1 Å². The molecule has 0 radical (unpaired) electrons. The minimum Gasteiger partial charge on any atom is -0.393 e. The van der Waals surface area contributed by atoms with Crippen molar-refractivity contribution in [3.05, 3.63) is 29.0 Å². The lowest BCUT2D eigenvalue weighted by atomic mass is 10.1. The molecule has 0 saturated heterocycles. The molecule has 4 heteroatoms. The molecule has 1 N–H and O–H groups in total. The van der Waals surface area contributed by atoms with Gasteiger partial charge in [0.05, 0.1) is 11.1 Å². The van der Waals surface area contributed by atoms with Crippen LogP contribution in [0.1, 0.15) is 12.0 Å². The summed E-state index contributed by atoms with van der Waals surface area (Å²) in [4.78, 5) is 5.96. The van der Waals surface area contributed by atoms with E-state index in [0.717, 1.165) is 18.5 Å². The molecule has 84 valence electrons. The molecule has 0 bridgehead atoms. The van der Waals surface area contributed by atoms with Gasteiger partial charge in [-0.3, -0.25) is 4.98 Å². The van der Waals surface area contributed by atoms with Gasteiger partial charge in [0.25, 0.3) is 0 Å². The van der Waals surface area contributed by atoms with E-state index in [1.807, 2.05) is 20.2 Å². The van der Waals surface area contributed by atoms with Crippen molar-refractivity contribution < 1.29 is 5.11 Å². The van der Waals surface area contributed by atoms with Crippen LogP contribution >= 0.6 is 11.6 Å². The van der Waals surface area contributed by atoms with Crippen LogP contribution in [0.3, 0.4) is 0 Å². The fraction of sp³-hybridized carbons (Fsp3) is 0.545. The van der Waals surface area contributed by atoms with E-state index >= 15 is 0 Å². The van der Waals surface area contributed by atoms with E-state index in [-0.39, 0.29) is 6.10 Å². The highest BCUT2D eigenvalue weighted by Gasteiger charge is 2.08. The summed E-state index contributed by atoms with van der Waals surface area (Å²) >= 11 is 5.95. The van der Waals surface area contributed by atoms with E-state index in [0.29, 0.717) is 11.4 Å². The molecule has 1 aromatic heterocycles. The quantitative estimate of drug-likeness (QED) is 0.832. The van der Waals surface area contributed by atoms with E-state index in [1.54, 1.807) is 12.4 Å². The summed E-state index contributed by atoms with van der Waals surface area (Å²) in [5.74, 6) is 0. The Morgan fingerprint density at radius 3 is 2.87 bits per heavy atom. The van der Waals surface area contributed by atoms with E-state index in [2.05, 4.69) is 9.88 Å². The van der Waals surface area contributed by atoms with Crippen molar-refractivity contribution in [2.24, 2.45) is 0 Å². The van der Waals surface area contributed by atoms with Crippen molar-refractivity contribution in [3.63, 3.8) is 0 Å². The molecule has 0 aliphatic rings. The number of aliphatic hydroxyl groups is 1. The van der Waals surface area contributed by atoms with Crippen LogP contribution in [-0.4, -0.2) is 41.7 Å². The van der Waals surface area contributed by atoms with Crippen LogP contribution in [0.4, 0.5) is 0 Å². The SMILES string of the molecule is CN(C)CCC(O)Cc1ccncc1Cl. The van der Waals surface area contributed by atoms with E-state index in [1.165, 1.54) is 0 Å². The second-order valence-electron chi connectivity index (χ2n) is 3.92. The van der Waals surface area contributed by atoms with Gasteiger partial charge in [0.2, 0.25) is 0 Å². The van der Waals surface area contributed by atoms with Gasteiger partial charge in [-0.25, -0.2) is 0 Å². The second-order valence-corrected chi connectivity index (χ2v) is 4.32. The predicted molar refractivity (Wildman–Crippen MR) is 62.1 cm³/mol. The average molecular weight is 229 g/mol. The Morgan fingerprint density at radius 1 is 1.53 bits per heavy atom. The first-order chi connectivity index (χ1) is 7.09. The monoisotopic (exact) mass is 228 g/mol. The third-order valence-electron chi connectivity index (χ3n) is 2.22. The predicted octanol–water partition coefficient (Wildman–Crippen LogP) is 1.59. The molecule has 0 aliphatic heterocycles. The molecule has 0 amide bonds. The number of hydrogen-bond acceptors (Lipinski definition) is 3. The maximum atomic E-state index is 9.77. The lowest BCUT2D eigenvalue weighted by molar-refractivity contribution is 0.152. The van der Waals surface area contributed by atoms with E-state index < -0.39 is 0 Å². The minimum absolute atomic E-state index is 0.340. The largest absolute Gasteiger partial charge is 0.393 e. The van der Waals surface area contributed by atoms with Crippen molar-refractivity contribution >= 4 is 11.6 Å². The van der Waals surface area contributed by atoms with E-state index in [4.69, 9.17) is 11.6 Å². The number of aromatic nitrogens is 1. The van der Waals surface area contributed by atoms with Crippen LogP contribution in [0.2, 0.25) is 5.02 Å². The number of nitrogens with zero attached hydrogens (tertiary/aromatic N) is 2. The van der Waals surface area contributed by atoms with Gasteiger partial charge in [0.15, 0.2) is 0 Å². The Morgan fingerprint density at radius 2 is 2.27 bits per heavy atom. The molecule has 0 fully saturated rings. The second kappa shape index (κ2) is 6.05. The highest BCUT2D eigenvalue weighted by molar-refractivity contribution is 6.31. The molecule has 0 aromatic carbocycles. The highest BCUT2D eigenvalue weighted by atomic mass is 35.5. The fourth-order valence-electron chi connectivity index (χ4n) is 1.33. The number of rotatable bonds is 5. The van der Waals surface area contributed by atoms with Gasteiger partial charge in [-0.1, -0.05) is 11.6 Å². The van der Waals surface area contributed by atoms with Crippen molar-refractivity contribution in [1.82, 2.24) is 9.88 Å². The zero-order valence-electron chi connectivity index (χ0n) is 9.15. The summed E-state index contributed by atoms with van der Waals surface area (Å²) in [6.45, 7) is 0.879. The Balaban J connectivity index is 2.44. The summed E-state index contributed by atoms with van der Waals surface area (Å²) in [6.07, 6.45) is 4.31. The zero-order valence-corrected chi connectivity index (χ0v) is 9.91. The number of aliphatic hydroxyl groups excluding tert-OH is 1. The third-order valence-corrected chi connectivity index (χ3v) is 2.56. The van der Waals surface area contributed by atoms with Gasteiger partial charge < -0.3 is 10.0 Å². The van der Waals surface area contributed by atoms with Crippen LogP contribution < -0.4 is 0 Å². The Labute approximate surface area is 95.7 Å². The molecular weight excluding hydrogens is 212 g/mol. The fourth-order valence-corrected chi connectivity index (χ4v) is 1.53. The first-order valence-corrected chi connectivity index (χ1v) is 5.38. The van der Waals surface area contributed by atoms with Crippen molar-refractivity contribution in [1.29, 1.82) is 0 Å². The van der Waals surface area contributed by atoms with Gasteiger partial charge in [0.1, 0.15) is 0 Å². The van der Waals surface area contributed by atoms with Crippen LogP contribution in [0, 0.1) is 0 Å². The molecule has 15 heavy (non-hydrogen) atoms. The minimum atomic E-state index is -0.340. The van der Waals surface area contributed by atoms with Crippen LogP contribution in [0.15, 0.2) is 18.5 Å². The topological polar surface area (TPSA) is 36.4 Å². The zero-order chi connectivity index (χ0) is 11.3. The molecule has 3 nitrogen and oxygen atoms in total. The number of halogens is 1. The molecule has 0 aliphatic carbocycles. The molecule has 0 spiro atoms. The maximum absolute atomic E-state index is 9.77. The summed E-state index contributed by atoms with van der Waals surface area (Å²) in [7, 11) is 3.98. The molecule has 1 atom stereocenters. The highest BCUT2D eigenvalue weighted by Crippen LogP contribution is 2.16. The van der Waals surface area contributed by atoms with Gasteiger partial charge in [0, 0.05) is 12.4 Å². The molecular formula is C11H17ClN2O. The summed E-state index contributed by atoms with van der Waals surface area (Å²) in [6, 6.07) is 1.85. The van der Waals surface area contributed by atoms with Gasteiger partial charge in [-0.2, -0.15) is 0 Å². The lowest BCUT2D eigenvalue weighted by Gasteiger charge is -2.14. The Hall–Kier alpha value is -0.640. The van der Waals surface area contributed by atoms with Gasteiger partial charge in [-0.15, -0.1) is 0 Å². The molecule has 1 rings (SSSR count). The maximum Gasteiger partial charge on any atom is 0.0622 e. The average Bonchev–Trinajstić information content (AvgIpc) is 2.18. The first kappa shape index (κ1) is 12.4. The lowest BCUT2D eigenvalue weighted by Crippen LogP contribution is -2.20. The van der Waals surface area contributed by atoms with Crippen molar-refractivity contribution in [3.8, 4) is 0 Å². The van der Waals surface area contributed by atoms with Crippen molar-refractivity contribution in [2.75, 3.05) is 20.6 Å². The summed E-state index contributed by atoms with van der Waals surface area (Å²) < 4.78 is 0. The Bertz CT molecular complexity index is 304. The standard InChI is InChI=1S/C11H17ClN2O/c1-14(2)6-4-10(15)7-9-3-5-13-8-11(9)12/h3,5,8,10,15H,4,6-7H2,1-2H3. The van der Waals surface area contributed by atoms with E-state index in [9.17, 15) is 5.11 Å². The molecule has 1 aromatic rings. The van der Waals surface area contributed by atoms with Crippen LogP contribution in [0.25, 0.3) is 0 Å². The van der Waals surface area contributed by atoms with Crippen LogP contribution in [-0.2, 0) is 6.42 Å². The third kappa shape index (κ3) is 4.60. The summed E-state index contributed by atoms with van der Waals surface area (Å²) in [5.41, 5.74) is 0.956. The summed E-state index contributed by atoms with van der Waals surface area (Å²) in [5, 5.41) is 10.4. The van der Waals surface area contributed by atoms with Crippen LogP contribution in [0.5, 0.6) is 0 Å². The Kier molecular flexibility index (Phi) is 5.02. The molecule has 0 saturated carbocycles. The first-order valence-electron chi connectivity index (χ1n) is 5.00.